The Morgan fingerprint density at radius 1 is 1.57 bits per heavy atom. The van der Waals surface area contributed by atoms with Crippen molar-refractivity contribution in [3.8, 4) is 0 Å². The zero-order chi connectivity index (χ0) is 9.97. The molecule has 14 heavy (non-hydrogen) atoms. The Bertz CT molecular complexity index is 465. The first-order chi connectivity index (χ1) is 6.83. The molecule has 72 valence electrons. The molecule has 0 aliphatic heterocycles. The lowest BCUT2D eigenvalue weighted by atomic mass is 10.2. The standard InChI is InChI=1S/C8H8N4O2/c13-4-12-8(14)5-1-2-9-7-6(5)10-3-11-7/h1-3,13H,4H2,(H,12,14)(H,9,10,11). The van der Waals surface area contributed by atoms with Gasteiger partial charge in [0.05, 0.1) is 11.9 Å². The van der Waals surface area contributed by atoms with E-state index < -0.39 is 6.73 Å². The fourth-order valence-corrected chi connectivity index (χ4v) is 1.20. The van der Waals surface area contributed by atoms with Crippen LogP contribution in [0.1, 0.15) is 10.4 Å². The minimum absolute atomic E-state index is 0.369. The van der Waals surface area contributed by atoms with Crippen LogP contribution in [0.2, 0.25) is 0 Å². The molecule has 2 aromatic heterocycles. The van der Waals surface area contributed by atoms with Crippen molar-refractivity contribution < 1.29 is 9.90 Å². The van der Waals surface area contributed by atoms with Gasteiger partial charge in [-0.05, 0) is 6.07 Å². The number of pyridine rings is 1. The van der Waals surface area contributed by atoms with Crippen molar-refractivity contribution in [3.05, 3.63) is 24.2 Å². The number of amides is 1. The zero-order valence-corrected chi connectivity index (χ0v) is 7.19. The van der Waals surface area contributed by atoms with Gasteiger partial charge in [-0.25, -0.2) is 9.97 Å². The largest absolute Gasteiger partial charge is 0.376 e. The van der Waals surface area contributed by atoms with E-state index in [0.717, 1.165) is 0 Å². The van der Waals surface area contributed by atoms with Crippen LogP contribution in [0.3, 0.4) is 0 Å². The fourth-order valence-electron chi connectivity index (χ4n) is 1.20. The molecule has 0 spiro atoms. The van der Waals surface area contributed by atoms with Crippen LogP contribution in [0, 0.1) is 0 Å². The SMILES string of the molecule is O=C(NCO)c1ccnc2[nH]cnc12. The summed E-state index contributed by atoms with van der Waals surface area (Å²) in [4.78, 5) is 22.1. The highest BCUT2D eigenvalue weighted by molar-refractivity contribution is 6.03. The number of H-pyrrole nitrogens is 1. The number of hydrogen-bond donors (Lipinski definition) is 3. The van der Waals surface area contributed by atoms with Gasteiger partial charge in [0.1, 0.15) is 12.2 Å². The normalized spacial score (nSPS) is 10.4. The number of aliphatic hydroxyl groups excluding tert-OH is 1. The van der Waals surface area contributed by atoms with E-state index in [0.29, 0.717) is 16.7 Å². The molecular formula is C8H8N4O2. The average Bonchev–Trinajstić information content (AvgIpc) is 2.65. The number of fused-ring (bicyclic) bond motifs is 1. The van der Waals surface area contributed by atoms with Gasteiger partial charge in [-0.1, -0.05) is 0 Å². The van der Waals surface area contributed by atoms with Gasteiger partial charge in [0.25, 0.3) is 5.91 Å². The molecule has 2 heterocycles. The van der Waals surface area contributed by atoms with E-state index in [9.17, 15) is 4.79 Å². The summed E-state index contributed by atoms with van der Waals surface area (Å²) in [5.41, 5.74) is 1.44. The smallest absolute Gasteiger partial charge is 0.255 e. The summed E-state index contributed by atoms with van der Waals surface area (Å²) in [5.74, 6) is -0.369. The van der Waals surface area contributed by atoms with Gasteiger partial charge in [-0.15, -0.1) is 0 Å². The Balaban J connectivity index is 2.50. The molecule has 2 aromatic rings. The number of aromatic amines is 1. The Hall–Kier alpha value is -1.95. The van der Waals surface area contributed by atoms with Crippen LogP contribution in [0.15, 0.2) is 18.6 Å². The molecular weight excluding hydrogens is 184 g/mol. The number of aromatic nitrogens is 3. The van der Waals surface area contributed by atoms with Crippen molar-refractivity contribution in [1.29, 1.82) is 0 Å². The van der Waals surface area contributed by atoms with Crippen molar-refractivity contribution in [2.75, 3.05) is 6.73 Å². The summed E-state index contributed by atoms with van der Waals surface area (Å²) >= 11 is 0. The minimum atomic E-state index is -0.396. The van der Waals surface area contributed by atoms with Gasteiger partial charge in [-0.2, -0.15) is 0 Å². The maximum absolute atomic E-state index is 11.4. The first-order valence-electron chi connectivity index (χ1n) is 4.00. The first kappa shape index (κ1) is 8.64. The third kappa shape index (κ3) is 1.31. The molecule has 0 saturated carbocycles. The summed E-state index contributed by atoms with van der Waals surface area (Å²) in [7, 11) is 0. The molecule has 0 aliphatic rings. The number of aliphatic hydroxyl groups is 1. The molecule has 0 fully saturated rings. The third-order valence-corrected chi connectivity index (χ3v) is 1.80. The zero-order valence-electron chi connectivity index (χ0n) is 7.19. The number of nitrogens with one attached hydrogen (secondary N) is 2. The summed E-state index contributed by atoms with van der Waals surface area (Å²) in [6, 6.07) is 1.55. The third-order valence-electron chi connectivity index (χ3n) is 1.80. The molecule has 0 unspecified atom stereocenters. The maximum Gasteiger partial charge on any atom is 0.255 e. The summed E-state index contributed by atoms with van der Waals surface area (Å²) in [6.45, 7) is -0.396. The molecule has 0 aliphatic carbocycles. The van der Waals surface area contributed by atoms with E-state index in [1.54, 1.807) is 6.07 Å². The van der Waals surface area contributed by atoms with E-state index in [1.807, 2.05) is 0 Å². The second-order valence-electron chi connectivity index (χ2n) is 2.62. The van der Waals surface area contributed by atoms with Crippen molar-refractivity contribution in [2.45, 2.75) is 0 Å². The lowest BCUT2D eigenvalue weighted by Crippen LogP contribution is -2.24. The molecule has 2 rings (SSSR count). The van der Waals surface area contributed by atoms with Crippen LogP contribution in [0.25, 0.3) is 11.2 Å². The van der Waals surface area contributed by atoms with Crippen LogP contribution >= 0.6 is 0 Å². The number of carbonyl (C=O) groups is 1. The monoisotopic (exact) mass is 192 g/mol. The van der Waals surface area contributed by atoms with Crippen molar-refractivity contribution >= 4 is 17.1 Å². The Morgan fingerprint density at radius 2 is 2.43 bits per heavy atom. The predicted octanol–water partition coefficient (Wildman–Crippen LogP) is -0.362. The van der Waals surface area contributed by atoms with E-state index in [1.165, 1.54) is 12.5 Å². The van der Waals surface area contributed by atoms with Crippen LogP contribution in [-0.2, 0) is 0 Å². The highest BCUT2D eigenvalue weighted by Crippen LogP contribution is 2.11. The van der Waals surface area contributed by atoms with Gasteiger partial charge in [0, 0.05) is 6.20 Å². The van der Waals surface area contributed by atoms with Crippen molar-refractivity contribution in [1.82, 2.24) is 20.3 Å². The van der Waals surface area contributed by atoms with Gasteiger partial charge >= 0.3 is 0 Å². The molecule has 0 aromatic carbocycles. The lowest BCUT2D eigenvalue weighted by Gasteiger charge is -2.00. The summed E-state index contributed by atoms with van der Waals surface area (Å²) < 4.78 is 0. The Kier molecular flexibility index (Phi) is 2.11. The van der Waals surface area contributed by atoms with Gasteiger partial charge in [-0.3, -0.25) is 4.79 Å². The molecule has 6 heteroatoms. The van der Waals surface area contributed by atoms with Gasteiger partial charge in [0.15, 0.2) is 5.65 Å². The minimum Gasteiger partial charge on any atom is -0.376 e. The van der Waals surface area contributed by atoms with E-state index >= 15 is 0 Å². The summed E-state index contributed by atoms with van der Waals surface area (Å²) in [5, 5.41) is 10.8. The van der Waals surface area contributed by atoms with Crippen LogP contribution in [0.4, 0.5) is 0 Å². The number of nitrogens with zero attached hydrogens (tertiary/aromatic N) is 2. The van der Waals surface area contributed by atoms with Crippen LogP contribution < -0.4 is 5.32 Å². The predicted molar refractivity (Wildman–Crippen MR) is 48.4 cm³/mol. The van der Waals surface area contributed by atoms with E-state index in [4.69, 9.17) is 5.11 Å². The molecule has 3 N–H and O–H groups in total. The fraction of sp³-hybridized carbons (Fsp3) is 0.125. The maximum atomic E-state index is 11.4. The number of imidazole rings is 1. The Labute approximate surface area is 79.0 Å². The topological polar surface area (TPSA) is 90.9 Å². The van der Waals surface area contributed by atoms with Crippen LogP contribution in [0.5, 0.6) is 0 Å². The first-order valence-corrected chi connectivity index (χ1v) is 4.00. The molecule has 1 amide bonds. The highest BCUT2D eigenvalue weighted by atomic mass is 16.3. The van der Waals surface area contributed by atoms with Crippen molar-refractivity contribution in [2.24, 2.45) is 0 Å². The second kappa shape index (κ2) is 3.43. The van der Waals surface area contributed by atoms with E-state index in [-0.39, 0.29) is 5.91 Å². The Morgan fingerprint density at radius 3 is 3.21 bits per heavy atom. The molecule has 0 atom stereocenters. The van der Waals surface area contributed by atoms with Gasteiger partial charge < -0.3 is 15.4 Å². The molecule has 0 saturated heterocycles. The van der Waals surface area contributed by atoms with Crippen molar-refractivity contribution in [3.63, 3.8) is 0 Å². The number of hydrogen-bond acceptors (Lipinski definition) is 4. The number of rotatable bonds is 2. The summed E-state index contributed by atoms with van der Waals surface area (Å²) in [6.07, 6.45) is 2.97. The molecule has 0 bridgehead atoms. The molecule has 0 radical (unpaired) electrons. The molecule has 6 nitrogen and oxygen atoms in total. The quantitative estimate of drug-likeness (QED) is 0.566. The van der Waals surface area contributed by atoms with Gasteiger partial charge in [0.2, 0.25) is 0 Å². The second-order valence-corrected chi connectivity index (χ2v) is 2.62. The van der Waals surface area contributed by atoms with Crippen LogP contribution in [-0.4, -0.2) is 32.7 Å². The van der Waals surface area contributed by atoms with E-state index in [2.05, 4.69) is 20.3 Å². The number of carbonyl (C=O) groups excluding carboxylic acids is 1. The average molecular weight is 192 g/mol. The highest BCUT2D eigenvalue weighted by Gasteiger charge is 2.10. The lowest BCUT2D eigenvalue weighted by molar-refractivity contribution is 0.0911.